The number of carbonyl (C=O) groups is 1. The van der Waals surface area contributed by atoms with Crippen LogP contribution in [0.4, 0.5) is 5.69 Å². The summed E-state index contributed by atoms with van der Waals surface area (Å²) < 4.78 is 0. The SMILES string of the molecule is CCc1ccccc1NC(=O)Cc1ccc2nc[nH]c2c1. The largest absolute Gasteiger partial charge is 0.345 e. The number of nitrogens with one attached hydrogen (secondary N) is 2. The molecule has 4 nitrogen and oxygen atoms in total. The minimum absolute atomic E-state index is 0.00485. The summed E-state index contributed by atoms with van der Waals surface area (Å²) in [5.41, 5.74) is 4.88. The number of para-hydroxylation sites is 1. The maximum absolute atomic E-state index is 12.2. The Morgan fingerprint density at radius 3 is 2.95 bits per heavy atom. The van der Waals surface area contributed by atoms with Gasteiger partial charge < -0.3 is 10.3 Å². The van der Waals surface area contributed by atoms with Crippen molar-refractivity contribution in [1.29, 1.82) is 0 Å². The molecule has 106 valence electrons. The summed E-state index contributed by atoms with van der Waals surface area (Å²) >= 11 is 0. The van der Waals surface area contributed by atoms with E-state index < -0.39 is 0 Å². The van der Waals surface area contributed by atoms with E-state index in [9.17, 15) is 4.79 Å². The number of rotatable bonds is 4. The molecule has 2 aromatic carbocycles. The van der Waals surface area contributed by atoms with Crippen LogP contribution in [0, 0.1) is 0 Å². The van der Waals surface area contributed by atoms with Gasteiger partial charge in [0.25, 0.3) is 0 Å². The maximum atomic E-state index is 12.2. The fourth-order valence-electron chi connectivity index (χ4n) is 2.42. The molecular weight excluding hydrogens is 262 g/mol. The van der Waals surface area contributed by atoms with Gasteiger partial charge in [-0.15, -0.1) is 0 Å². The lowest BCUT2D eigenvalue weighted by Crippen LogP contribution is -2.15. The van der Waals surface area contributed by atoms with Crippen molar-refractivity contribution >= 4 is 22.6 Å². The molecule has 1 aromatic heterocycles. The zero-order valence-corrected chi connectivity index (χ0v) is 11.9. The predicted molar refractivity (Wildman–Crippen MR) is 84.2 cm³/mol. The Bertz CT molecular complexity index is 776. The van der Waals surface area contributed by atoms with E-state index in [1.807, 2.05) is 42.5 Å². The van der Waals surface area contributed by atoms with Crippen molar-refractivity contribution in [2.24, 2.45) is 0 Å². The predicted octanol–water partition coefficient (Wildman–Crippen LogP) is 3.31. The summed E-state index contributed by atoms with van der Waals surface area (Å²) in [7, 11) is 0. The van der Waals surface area contributed by atoms with E-state index >= 15 is 0 Å². The molecule has 0 saturated heterocycles. The van der Waals surface area contributed by atoms with Crippen LogP contribution in [-0.4, -0.2) is 15.9 Å². The minimum atomic E-state index is -0.00485. The van der Waals surface area contributed by atoms with Crippen molar-refractivity contribution in [1.82, 2.24) is 9.97 Å². The number of aromatic amines is 1. The van der Waals surface area contributed by atoms with Gasteiger partial charge in [0.2, 0.25) is 5.91 Å². The molecule has 0 unspecified atom stereocenters. The van der Waals surface area contributed by atoms with Crippen LogP contribution in [0.1, 0.15) is 18.1 Å². The average Bonchev–Trinajstić information content (AvgIpc) is 2.95. The molecule has 4 heteroatoms. The summed E-state index contributed by atoms with van der Waals surface area (Å²) in [6, 6.07) is 13.7. The van der Waals surface area contributed by atoms with Gasteiger partial charge in [-0.25, -0.2) is 4.98 Å². The molecule has 1 amide bonds. The highest BCUT2D eigenvalue weighted by atomic mass is 16.1. The highest BCUT2D eigenvalue weighted by molar-refractivity contribution is 5.93. The van der Waals surface area contributed by atoms with Gasteiger partial charge in [-0.3, -0.25) is 4.79 Å². The molecule has 0 spiro atoms. The summed E-state index contributed by atoms with van der Waals surface area (Å²) in [4.78, 5) is 19.4. The summed E-state index contributed by atoms with van der Waals surface area (Å²) in [6.45, 7) is 2.08. The van der Waals surface area contributed by atoms with Crippen molar-refractivity contribution in [3.05, 3.63) is 59.9 Å². The quantitative estimate of drug-likeness (QED) is 0.769. The molecule has 0 aliphatic rings. The van der Waals surface area contributed by atoms with Crippen LogP contribution < -0.4 is 5.32 Å². The third-order valence-electron chi connectivity index (χ3n) is 3.52. The lowest BCUT2D eigenvalue weighted by molar-refractivity contribution is -0.115. The number of carbonyl (C=O) groups excluding carboxylic acids is 1. The van der Waals surface area contributed by atoms with Crippen LogP contribution in [-0.2, 0) is 17.6 Å². The molecule has 0 aliphatic heterocycles. The zero-order valence-electron chi connectivity index (χ0n) is 11.9. The number of benzene rings is 2. The van der Waals surface area contributed by atoms with Gasteiger partial charge in [0.1, 0.15) is 0 Å². The topological polar surface area (TPSA) is 57.8 Å². The fourth-order valence-corrected chi connectivity index (χ4v) is 2.42. The smallest absolute Gasteiger partial charge is 0.228 e. The van der Waals surface area contributed by atoms with E-state index in [0.29, 0.717) is 6.42 Å². The van der Waals surface area contributed by atoms with E-state index in [-0.39, 0.29) is 5.91 Å². The minimum Gasteiger partial charge on any atom is -0.345 e. The normalized spacial score (nSPS) is 10.7. The van der Waals surface area contributed by atoms with E-state index in [1.54, 1.807) is 6.33 Å². The Kier molecular flexibility index (Phi) is 3.69. The highest BCUT2D eigenvalue weighted by Gasteiger charge is 2.07. The molecule has 0 fully saturated rings. The van der Waals surface area contributed by atoms with Crippen LogP contribution in [0.25, 0.3) is 11.0 Å². The third-order valence-corrected chi connectivity index (χ3v) is 3.52. The average molecular weight is 279 g/mol. The number of hydrogen-bond acceptors (Lipinski definition) is 2. The van der Waals surface area contributed by atoms with Gasteiger partial charge in [-0.05, 0) is 35.7 Å². The van der Waals surface area contributed by atoms with E-state index in [0.717, 1.165) is 34.3 Å². The maximum Gasteiger partial charge on any atom is 0.228 e. The van der Waals surface area contributed by atoms with E-state index in [1.165, 1.54) is 0 Å². The van der Waals surface area contributed by atoms with Crippen LogP contribution in [0.5, 0.6) is 0 Å². The number of amides is 1. The first-order valence-electron chi connectivity index (χ1n) is 7.06. The summed E-state index contributed by atoms with van der Waals surface area (Å²) in [5.74, 6) is -0.00485. The van der Waals surface area contributed by atoms with Crippen molar-refractivity contribution < 1.29 is 4.79 Å². The number of nitrogens with zero attached hydrogens (tertiary/aromatic N) is 1. The standard InChI is InChI=1S/C17H17N3O/c1-2-13-5-3-4-6-14(13)20-17(21)10-12-7-8-15-16(9-12)19-11-18-15/h3-9,11H,2,10H2,1H3,(H,18,19)(H,20,21). The first-order chi connectivity index (χ1) is 10.3. The summed E-state index contributed by atoms with van der Waals surface area (Å²) in [6.07, 6.45) is 2.91. The second-order valence-electron chi connectivity index (χ2n) is 4.99. The van der Waals surface area contributed by atoms with Gasteiger partial charge in [0.15, 0.2) is 0 Å². The van der Waals surface area contributed by atoms with E-state index in [4.69, 9.17) is 0 Å². The Balaban J connectivity index is 1.73. The molecule has 2 N–H and O–H groups in total. The Morgan fingerprint density at radius 1 is 1.24 bits per heavy atom. The molecule has 3 rings (SSSR count). The second-order valence-corrected chi connectivity index (χ2v) is 4.99. The van der Waals surface area contributed by atoms with Gasteiger partial charge in [-0.2, -0.15) is 0 Å². The Hall–Kier alpha value is -2.62. The molecular formula is C17H17N3O. The third kappa shape index (κ3) is 2.94. The number of aromatic nitrogens is 2. The Morgan fingerprint density at radius 2 is 2.10 bits per heavy atom. The number of hydrogen-bond donors (Lipinski definition) is 2. The van der Waals surface area contributed by atoms with Gasteiger partial charge >= 0.3 is 0 Å². The van der Waals surface area contributed by atoms with Gasteiger partial charge in [0, 0.05) is 5.69 Å². The number of imidazole rings is 1. The lowest BCUT2D eigenvalue weighted by Gasteiger charge is -2.09. The number of aryl methyl sites for hydroxylation is 1. The second kappa shape index (κ2) is 5.79. The first kappa shape index (κ1) is 13.4. The molecule has 0 saturated carbocycles. The van der Waals surface area contributed by atoms with Crippen LogP contribution >= 0.6 is 0 Å². The van der Waals surface area contributed by atoms with Crippen LogP contribution in [0.15, 0.2) is 48.8 Å². The Labute approximate surface area is 123 Å². The number of fused-ring (bicyclic) bond motifs is 1. The molecule has 3 aromatic rings. The van der Waals surface area contributed by atoms with Crippen molar-refractivity contribution in [2.45, 2.75) is 19.8 Å². The van der Waals surface area contributed by atoms with Crippen molar-refractivity contribution in [2.75, 3.05) is 5.32 Å². The monoisotopic (exact) mass is 279 g/mol. The number of anilines is 1. The molecule has 0 aliphatic carbocycles. The van der Waals surface area contributed by atoms with Crippen molar-refractivity contribution in [3.8, 4) is 0 Å². The molecule has 0 atom stereocenters. The molecule has 1 heterocycles. The van der Waals surface area contributed by atoms with E-state index in [2.05, 4.69) is 22.2 Å². The lowest BCUT2D eigenvalue weighted by atomic mass is 10.1. The molecule has 0 radical (unpaired) electrons. The van der Waals surface area contributed by atoms with Gasteiger partial charge in [0.05, 0.1) is 23.8 Å². The molecule has 0 bridgehead atoms. The highest BCUT2D eigenvalue weighted by Crippen LogP contribution is 2.17. The first-order valence-corrected chi connectivity index (χ1v) is 7.06. The van der Waals surface area contributed by atoms with Crippen LogP contribution in [0.3, 0.4) is 0 Å². The fraction of sp³-hybridized carbons (Fsp3) is 0.176. The molecule has 21 heavy (non-hydrogen) atoms. The zero-order chi connectivity index (χ0) is 14.7. The van der Waals surface area contributed by atoms with Crippen molar-refractivity contribution in [3.63, 3.8) is 0 Å². The number of H-pyrrole nitrogens is 1. The van der Waals surface area contributed by atoms with Crippen LogP contribution in [0.2, 0.25) is 0 Å². The summed E-state index contributed by atoms with van der Waals surface area (Å²) in [5, 5.41) is 2.99. The van der Waals surface area contributed by atoms with Gasteiger partial charge in [-0.1, -0.05) is 31.2 Å².